The summed E-state index contributed by atoms with van der Waals surface area (Å²) in [5.74, 6) is 4.29. The summed E-state index contributed by atoms with van der Waals surface area (Å²) in [6, 6.07) is 0. The Kier molecular flexibility index (Phi) is 4.95. The maximum Gasteiger partial charge on any atom is 0.139 e. The number of Topliss-reactive ketones (excluding diaryl/α,β-unsaturated/α-hetero) is 2. The van der Waals surface area contributed by atoms with Gasteiger partial charge >= 0.3 is 0 Å². The highest BCUT2D eigenvalue weighted by Gasteiger charge is 2.52. The molecule has 0 bridgehead atoms. The first kappa shape index (κ1) is 16.7. The van der Waals surface area contributed by atoms with Crippen molar-refractivity contribution in [3.8, 4) is 0 Å². The van der Waals surface area contributed by atoms with Crippen LogP contribution in [0.15, 0.2) is 0 Å². The van der Waals surface area contributed by atoms with Crippen LogP contribution in [0.25, 0.3) is 0 Å². The summed E-state index contributed by atoms with van der Waals surface area (Å²) >= 11 is 0. The second-order valence-electron chi connectivity index (χ2n) is 8.08. The first-order valence-corrected chi connectivity index (χ1v) is 8.78. The summed E-state index contributed by atoms with van der Waals surface area (Å²) in [5.41, 5.74) is 0. The zero-order valence-electron chi connectivity index (χ0n) is 14.6. The smallest absolute Gasteiger partial charge is 0.139 e. The largest absolute Gasteiger partial charge is 0.300 e. The van der Waals surface area contributed by atoms with Crippen molar-refractivity contribution < 1.29 is 9.59 Å². The predicted molar refractivity (Wildman–Crippen MR) is 85.8 cm³/mol. The molecule has 0 aromatic rings. The van der Waals surface area contributed by atoms with Gasteiger partial charge < -0.3 is 4.79 Å². The summed E-state index contributed by atoms with van der Waals surface area (Å²) in [5, 5.41) is 0. The summed E-state index contributed by atoms with van der Waals surface area (Å²) in [6.45, 7) is 12.9. The number of ketones is 2. The first-order valence-electron chi connectivity index (χ1n) is 8.78. The van der Waals surface area contributed by atoms with E-state index in [1.807, 2.05) is 0 Å². The lowest BCUT2D eigenvalue weighted by Crippen LogP contribution is -2.50. The SMILES string of the molecule is CC(=O)CC1C(C)C(C)C1C1CCC(C)C(C)C(C)C1=O. The zero-order chi connectivity index (χ0) is 15.9. The van der Waals surface area contributed by atoms with Crippen LogP contribution < -0.4 is 0 Å². The van der Waals surface area contributed by atoms with Gasteiger partial charge in [0.1, 0.15) is 11.6 Å². The fourth-order valence-electron chi connectivity index (χ4n) is 4.97. The molecule has 120 valence electrons. The van der Waals surface area contributed by atoms with Crippen molar-refractivity contribution in [2.24, 2.45) is 47.3 Å². The van der Waals surface area contributed by atoms with Crippen molar-refractivity contribution in [2.75, 3.05) is 0 Å². The average molecular weight is 292 g/mol. The normalized spacial score (nSPS) is 47.6. The Hall–Kier alpha value is -0.660. The number of carbonyl (C=O) groups excluding carboxylic acids is 2. The van der Waals surface area contributed by atoms with E-state index in [0.717, 1.165) is 12.8 Å². The fourth-order valence-corrected chi connectivity index (χ4v) is 4.97. The van der Waals surface area contributed by atoms with Crippen LogP contribution in [-0.4, -0.2) is 11.6 Å². The van der Waals surface area contributed by atoms with Gasteiger partial charge in [0.05, 0.1) is 0 Å². The van der Waals surface area contributed by atoms with Crippen molar-refractivity contribution in [2.45, 2.75) is 60.8 Å². The van der Waals surface area contributed by atoms with Crippen molar-refractivity contribution in [1.29, 1.82) is 0 Å². The van der Waals surface area contributed by atoms with E-state index in [1.165, 1.54) is 0 Å². The number of hydrogen-bond acceptors (Lipinski definition) is 2. The molecule has 0 N–H and O–H groups in total. The molecule has 2 aliphatic carbocycles. The van der Waals surface area contributed by atoms with Crippen molar-refractivity contribution in [1.82, 2.24) is 0 Å². The Labute approximate surface area is 130 Å². The molecule has 8 atom stereocenters. The number of carbonyl (C=O) groups is 2. The zero-order valence-corrected chi connectivity index (χ0v) is 14.6. The quantitative estimate of drug-likeness (QED) is 0.724. The molecule has 0 radical (unpaired) electrons. The minimum atomic E-state index is 0.175. The topological polar surface area (TPSA) is 34.1 Å². The Morgan fingerprint density at radius 3 is 2.19 bits per heavy atom. The summed E-state index contributed by atoms with van der Waals surface area (Å²) in [4.78, 5) is 24.5. The van der Waals surface area contributed by atoms with E-state index in [0.29, 0.717) is 47.7 Å². The Morgan fingerprint density at radius 2 is 1.62 bits per heavy atom. The van der Waals surface area contributed by atoms with Gasteiger partial charge in [-0.1, -0.05) is 34.6 Å². The molecule has 0 amide bonds. The molecule has 0 spiro atoms. The van der Waals surface area contributed by atoms with E-state index in [-0.39, 0.29) is 17.6 Å². The summed E-state index contributed by atoms with van der Waals surface area (Å²) < 4.78 is 0. The maximum absolute atomic E-state index is 12.9. The molecule has 2 aliphatic rings. The second-order valence-corrected chi connectivity index (χ2v) is 8.08. The molecule has 21 heavy (non-hydrogen) atoms. The molecule has 2 heteroatoms. The number of rotatable bonds is 3. The first-order chi connectivity index (χ1) is 9.75. The van der Waals surface area contributed by atoms with E-state index < -0.39 is 0 Å². The van der Waals surface area contributed by atoms with Gasteiger partial charge in [0.25, 0.3) is 0 Å². The molecule has 0 saturated heterocycles. The minimum absolute atomic E-state index is 0.175. The summed E-state index contributed by atoms with van der Waals surface area (Å²) in [7, 11) is 0. The van der Waals surface area contributed by atoms with E-state index in [9.17, 15) is 9.59 Å². The maximum atomic E-state index is 12.9. The third-order valence-corrected chi connectivity index (χ3v) is 7.03. The highest BCUT2D eigenvalue weighted by Crippen LogP contribution is 2.54. The lowest BCUT2D eigenvalue weighted by Gasteiger charge is -2.52. The van der Waals surface area contributed by atoms with E-state index in [2.05, 4.69) is 34.6 Å². The third kappa shape index (κ3) is 2.96. The molecule has 0 heterocycles. The molecular weight excluding hydrogens is 260 g/mol. The highest BCUT2D eigenvalue weighted by atomic mass is 16.1. The minimum Gasteiger partial charge on any atom is -0.300 e. The van der Waals surface area contributed by atoms with E-state index >= 15 is 0 Å². The average Bonchev–Trinajstić information content (AvgIpc) is 2.53. The van der Waals surface area contributed by atoms with Gasteiger partial charge in [0.2, 0.25) is 0 Å². The summed E-state index contributed by atoms with van der Waals surface area (Å²) in [6.07, 6.45) is 2.86. The fraction of sp³-hybridized carbons (Fsp3) is 0.895. The molecule has 0 aliphatic heterocycles. The van der Waals surface area contributed by atoms with Crippen molar-refractivity contribution in [3.05, 3.63) is 0 Å². The number of hydrogen-bond donors (Lipinski definition) is 0. The molecular formula is C19H32O2. The van der Waals surface area contributed by atoms with Crippen LogP contribution in [0.1, 0.15) is 60.8 Å². The van der Waals surface area contributed by atoms with Crippen LogP contribution in [0.2, 0.25) is 0 Å². The molecule has 2 saturated carbocycles. The van der Waals surface area contributed by atoms with Crippen LogP contribution in [0, 0.1) is 47.3 Å². The van der Waals surface area contributed by atoms with Crippen LogP contribution in [-0.2, 0) is 9.59 Å². The van der Waals surface area contributed by atoms with Gasteiger partial charge in [-0.15, -0.1) is 0 Å². The molecule has 0 aromatic carbocycles. The van der Waals surface area contributed by atoms with Crippen LogP contribution >= 0.6 is 0 Å². The Balaban J connectivity index is 2.19. The van der Waals surface area contributed by atoms with Gasteiger partial charge in [-0.25, -0.2) is 0 Å². The van der Waals surface area contributed by atoms with Crippen molar-refractivity contribution in [3.63, 3.8) is 0 Å². The Morgan fingerprint density at radius 1 is 1.00 bits per heavy atom. The third-order valence-electron chi connectivity index (χ3n) is 7.03. The van der Waals surface area contributed by atoms with Crippen LogP contribution in [0.5, 0.6) is 0 Å². The molecule has 8 unspecified atom stereocenters. The predicted octanol–water partition coefficient (Wildman–Crippen LogP) is 4.37. The molecule has 2 nitrogen and oxygen atoms in total. The Bertz CT molecular complexity index is 414. The van der Waals surface area contributed by atoms with Gasteiger partial charge in [-0.05, 0) is 55.3 Å². The van der Waals surface area contributed by atoms with E-state index in [4.69, 9.17) is 0 Å². The van der Waals surface area contributed by atoms with Crippen LogP contribution in [0.3, 0.4) is 0 Å². The molecule has 2 fully saturated rings. The van der Waals surface area contributed by atoms with Crippen LogP contribution in [0.4, 0.5) is 0 Å². The second kappa shape index (κ2) is 6.22. The van der Waals surface area contributed by atoms with Gasteiger partial charge in [0, 0.05) is 18.3 Å². The monoisotopic (exact) mass is 292 g/mol. The standard InChI is InChI=1S/C19H32O2/c1-10-7-8-16(19(21)15(6)12(10)3)18-14(5)13(4)17(18)9-11(2)20/h10,12-18H,7-9H2,1-6H3. The van der Waals surface area contributed by atoms with E-state index in [1.54, 1.807) is 6.92 Å². The molecule has 0 aromatic heterocycles. The highest BCUT2D eigenvalue weighted by molar-refractivity contribution is 5.84. The van der Waals surface area contributed by atoms with Gasteiger partial charge in [0.15, 0.2) is 0 Å². The van der Waals surface area contributed by atoms with Crippen molar-refractivity contribution >= 4 is 11.6 Å². The lowest BCUT2D eigenvalue weighted by atomic mass is 9.51. The lowest BCUT2D eigenvalue weighted by molar-refractivity contribution is -0.140. The molecule has 2 rings (SSSR count). The van der Waals surface area contributed by atoms with Gasteiger partial charge in [-0.3, -0.25) is 4.79 Å². The van der Waals surface area contributed by atoms with Gasteiger partial charge in [-0.2, -0.15) is 0 Å².